The van der Waals surface area contributed by atoms with Gasteiger partial charge in [-0.25, -0.2) is 12.8 Å². The average molecular weight is 380 g/mol. The van der Waals surface area contributed by atoms with Crippen LogP contribution in [0.5, 0.6) is 11.5 Å². The largest absolute Gasteiger partial charge is 0.495 e. The van der Waals surface area contributed by atoms with Crippen LogP contribution in [0.4, 0.5) is 10.1 Å². The number of rotatable bonds is 5. The van der Waals surface area contributed by atoms with Crippen molar-refractivity contribution in [3.63, 3.8) is 0 Å². The average Bonchev–Trinajstić information content (AvgIpc) is 2.50. The number of anilines is 1. The fourth-order valence-electron chi connectivity index (χ4n) is 1.79. The highest BCUT2D eigenvalue weighted by Crippen LogP contribution is 2.37. The lowest BCUT2D eigenvalue weighted by Gasteiger charge is -2.14. The molecular weight excluding hydrogens is 368 g/mol. The molecule has 0 spiro atoms. The maximum absolute atomic E-state index is 13.2. The van der Waals surface area contributed by atoms with E-state index in [1.807, 2.05) is 0 Å². The molecule has 2 rings (SSSR count). The van der Waals surface area contributed by atoms with Gasteiger partial charge in [-0.05, 0) is 24.3 Å². The van der Waals surface area contributed by atoms with Gasteiger partial charge in [-0.3, -0.25) is 4.72 Å². The third-order valence-electron chi connectivity index (χ3n) is 2.92. The summed E-state index contributed by atoms with van der Waals surface area (Å²) < 4.78 is 50.4. The smallest absolute Gasteiger partial charge is 0.262 e. The van der Waals surface area contributed by atoms with Gasteiger partial charge in [0.25, 0.3) is 10.0 Å². The number of sulfonamides is 1. The number of hydrogen-bond acceptors (Lipinski definition) is 4. The minimum Gasteiger partial charge on any atom is -0.495 e. The Balaban J connectivity index is 2.44. The molecular formula is C14H12Cl2FNO4S. The molecule has 1 N–H and O–H groups in total. The summed E-state index contributed by atoms with van der Waals surface area (Å²) in [5.74, 6) is -0.171. The van der Waals surface area contributed by atoms with Crippen molar-refractivity contribution in [1.29, 1.82) is 0 Å². The molecule has 9 heteroatoms. The molecule has 0 aliphatic heterocycles. The van der Waals surface area contributed by atoms with Crippen LogP contribution in [-0.2, 0) is 10.0 Å². The van der Waals surface area contributed by atoms with Gasteiger partial charge in [-0.1, -0.05) is 23.2 Å². The normalized spacial score (nSPS) is 11.2. The maximum Gasteiger partial charge on any atom is 0.262 e. The summed E-state index contributed by atoms with van der Waals surface area (Å²) in [6, 6.07) is 5.87. The standard InChI is InChI=1S/C14H12Cl2FNO4S/c1-21-13-7-14(22-2)12(6-10(13)16)18-23(19,20)8-3-4-11(17)9(15)5-8/h3-7,18H,1-2H3. The summed E-state index contributed by atoms with van der Waals surface area (Å²) in [5.41, 5.74) is 0.110. The van der Waals surface area contributed by atoms with Crippen LogP contribution >= 0.6 is 23.2 Å². The topological polar surface area (TPSA) is 64.6 Å². The minimum atomic E-state index is -4.00. The first-order valence-corrected chi connectivity index (χ1v) is 8.42. The molecule has 0 amide bonds. The van der Waals surface area contributed by atoms with Crippen molar-refractivity contribution in [2.75, 3.05) is 18.9 Å². The summed E-state index contributed by atoms with van der Waals surface area (Å²) in [4.78, 5) is -0.196. The molecule has 2 aromatic rings. The Kier molecular flexibility index (Phi) is 5.23. The van der Waals surface area contributed by atoms with Crippen molar-refractivity contribution in [2.45, 2.75) is 4.90 Å². The Labute approximate surface area is 143 Å². The van der Waals surface area contributed by atoms with E-state index in [1.54, 1.807) is 0 Å². The zero-order valence-electron chi connectivity index (χ0n) is 12.1. The van der Waals surface area contributed by atoms with E-state index in [4.69, 9.17) is 32.7 Å². The van der Waals surface area contributed by atoms with E-state index in [9.17, 15) is 12.8 Å². The van der Waals surface area contributed by atoms with Gasteiger partial charge < -0.3 is 9.47 Å². The van der Waals surface area contributed by atoms with Crippen LogP contribution in [0, 0.1) is 5.82 Å². The molecule has 0 atom stereocenters. The van der Waals surface area contributed by atoms with Crippen molar-refractivity contribution in [1.82, 2.24) is 0 Å². The first-order chi connectivity index (χ1) is 10.8. The third-order valence-corrected chi connectivity index (χ3v) is 4.87. The number of nitrogens with one attached hydrogen (secondary N) is 1. The second-order valence-corrected chi connectivity index (χ2v) is 6.87. The zero-order chi connectivity index (χ0) is 17.2. The molecule has 0 saturated heterocycles. The van der Waals surface area contributed by atoms with Crippen LogP contribution in [0.3, 0.4) is 0 Å². The summed E-state index contributed by atoms with van der Waals surface area (Å²) in [7, 11) is -1.21. The van der Waals surface area contributed by atoms with E-state index >= 15 is 0 Å². The molecule has 23 heavy (non-hydrogen) atoms. The lowest BCUT2D eigenvalue weighted by Crippen LogP contribution is -2.14. The zero-order valence-corrected chi connectivity index (χ0v) is 14.4. The Bertz CT molecular complexity index is 843. The molecule has 0 aliphatic carbocycles. The molecule has 0 aromatic heterocycles. The fraction of sp³-hybridized carbons (Fsp3) is 0.143. The van der Waals surface area contributed by atoms with Gasteiger partial charge in [-0.2, -0.15) is 0 Å². The lowest BCUT2D eigenvalue weighted by atomic mass is 10.3. The van der Waals surface area contributed by atoms with Crippen molar-refractivity contribution in [3.05, 3.63) is 46.2 Å². The second kappa shape index (κ2) is 6.82. The van der Waals surface area contributed by atoms with E-state index in [0.29, 0.717) is 5.75 Å². The molecule has 0 heterocycles. The van der Waals surface area contributed by atoms with Crippen LogP contribution < -0.4 is 14.2 Å². The summed E-state index contributed by atoms with van der Waals surface area (Å²) in [5, 5.41) is -0.101. The van der Waals surface area contributed by atoms with Gasteiger partial charge in [0.2, 0.25) is 0 Å². The van der Waals surface area contributed by atoms with Gasteiger partial charge in [-0.15, -0.1) is 0 Å². The monoisotopic (exact) mass is 379 g/mol. The Morgan fingerprint density at radius 1 is 1.00 bits per heavy atom. The lowest BCUT2D eigenvalue weighted by molar-refractivity contribution is 0.396. The number of ether oxygens (including phenoxy) is 2. The number of hydrogen-bond donors (Lipinski definition) is 1. The van der Waals surface area contributed by atoms with Gasteiger partial charge in [0, 0.05) is 6.07 Å². The van der Waals surface area contributed by atoms with Gasteiger partial charge >= 0.3 is 0 Å². The fourth-order valence-corrected chi connectivity index (χ4v) is 3.36. The molecule has 2 aromatic carbocycles. The number of methoxy groups -OCH3 is 2. The van der Waals surface area contributed by atoms with Gasteiger partial charge in [0.05, 0.1) is 34.8 Å². The molecule has 5 nitrogen and oxygen atoms in total. The predicted octanol–water partition coefficient (Wildman–Crippen LogP) is 3.95. The Morgan fingerprint density at radius 2 is 1.65 bits per heavy atom. The van der Waals surface area contributed by atoms with Crippen LogP contribution in [0.2, 0.25) is 10.0 Å². The van der Waals surface area contributed by atoms with Crippen molar-refractivity contribution >= 4 is 38.9 Å². The first-order valence-electron chi connectivity index (χ1n) is 6.18. The second-order valence-electron chi connectivity index (χ2n) is 4.37. The van der Waals surface area contributed by atoms with Crippen molar-refractivity contribution in [2.24, 2.45) is 0 Å². The summed E-state index contributed by atoms with van der Waals surface area (Å²) in [6.45, 7) is 0. The molecule has 0 bridgehead atoms. The van der Waals surface area contributed by atoms with Crippen molar-refractivity contribution < 1.29 is 22.3 Å². The maximum atomic E-state index is 13.2. The van der Waals surface area contributed by atoms with Crippen LogP contribution in [0.25, 0.3) is 0 Å². The van der Waals surface area contributed by atoms with E-state index in [1.165, 1.54) is 26.4 Å². The molecule has 0 aliphatic rings. The molecule has 0 unspecified atom stereocenters. The highest BCUT2D eigenvalue weighted by Gasteiger charge is 2.19. The summed E-state index contributed by atoms with van der Waals surface area (Å²) in [6.07, 6.45) is 0. The third kappa shape index (κ3) is 3.80. The Morgan fingerprint density at radius 3 is 2.22 bits per heavy atom. The predicted molar refractivity (Wildman–Crippen MR) is 86.8 cm³/mol. The molecule has 124 valence electrons. The van der Waals surface area contributed by atoms with Crippen LogP contribution in [0.15, 0.2) is 35.2 Å². The first kappa shape index (κ1) is 17.7. The highest BCUT2D eigenvalue weighted by molar-refractivity contribution is 7.92. The van der Waals surface area contributed by atoms with Crippen LogP contribution in [0.1, 0.15) is 0 Å². The van der Waals surface area contributed by atoms with Crippen LogP contribution in [-0.4, -0.2) is 22.6 Å². The van der Waals surface area contributed by atoms with E-state index in [2.05, 4.69) is 4.72 Å². The van der Waals surface area contributed by atoms with Crippen molar-refractivity contribution in [3.8, 4) is 11.5 Å². The molecule has 0 saturated carbocycles. The number of benzene rings is 2. The number of halogens is 3. The van der Waals surface area contributed by atoms with E-state index in [0.717, 1.165) is 18.2 Å². The highest BCUT2D eigenvalue weighted by atomic mass is 35.5. The summed E-state index contributed by atoms with van der Waals surface area (Å²) >= 11 is 11.6. The SMILES string of the molecule is COc1cc(OC)c(NS(=O)(=O)c2ccc(F)c(Cl)c2)cc1Cl. The Hall–Kier alpha value is -1.70. The van der Waals surface area contributed by atoms with Gasteiger partial charge in [0.1, 0.15) is 17.3 Å². The molecule has 0 radical (unpaired) electrons. The minimum absolute atomic E-state index is 0.110. The molecule has 0 fully saturated rings. The quantitative estimate of drug-likeness (QED) is 0.853. The van der Waals surface area contributed by atoms with Gasteiger partial charge in [0.15, 0.2) is 0 Å². The van der Waals surface area contributed by atoms with E-state index < -0.39 is 15.8 Å². The van der Waals surface area contributed by atoms with E-state index in [-0.39, 0.29) is 26.4 Å².